The number of pyridine rings is 1. The highest BCUT2D eigenvalue weighted by atomic mass is 19.4. The second-order valence-electron chi connectivity index (χ2n) is 10.9. The van der Waals surface area contributed by atoms with Gasteiger partial charge in [-0.15, -0.1) is 0 Å². The molecule has 0 radical (unpaired) electrons. The minimum Gasteiger partial charge on any atom is -0.497 e. The Bertz CT molecular complexity index is 1530. The average Bonchev–Trinajstić information content (AvgIpc) is 3.53. The molecule has 41 heavy (non-hydrogen) atoms. The zero-order valence-electron chi connectivity index (χ0n) is 23.1. The van der Waals surface area contributed by atoms with E-state index in [4.69, 9.17) is 9.47 Å². The second-order valence-corrected chi connectivity index (χ2v) is 10.9. The van der Waals surface area contributed by atoms with Crippen molar-refractivity contribution in [3.05, 3.63) is 89.6 Å². The van der Waals surface area contributed by atoms with Crippen molar-refractivity contribution in [1.29, 1.82) is 0 Å². The molecule has 6 nitrogen and oxygen atoms in total. The molecular weight excluding hydrogens is 529 g/mol. The van der Waals surface area contributed by atoms with Gasteiger partial charge in [0.05, 0.1) is 18.2 Å². The standard InChI is InChI=1S/C32H33F3N4O2/c1-21-13-31(29-5-3-4-6-30(29)36-21)37-24-14-23(32(33,34)35)15-28(16-24)41-12-11-38-19-26-17-25(38)20-39(26)18-22-7-9-27(40-2)10-8-22/h3-10,13-16,25-26H,11-12,17-20H2,1-2H3,(H,36,37)/t25?,26-/m0/s1. The lowest BCUT2D eigenvalue weighted by molar-refractivity contribution is -0.137. The zero-order valence-corrected chi connectivity index (χ0v) is 23.1. The molecule has 2 saturated heterocycles. The molecule has 0 spiro atoms. The minimum atomic E-state index is -4.49. The molecule has 1 N–H and O–H groups in total. The van der Waals surface area contributed by atoms with Crippen molar-refractivity contribution < 1.29 is 22.6 Å². The van der Waals surface area contributed by atoms with Crippen LogP contribution in [0.2, 0.25) is 0 Å². The molecule has 2 bridgehead atoms. The topological polar surface area (TPSA) is 49.9 Å². The number of nitrogens with zero attached hydrogens (tertiary/aromatic N) is 3. The first kappa shape index (κ1) is 27.4. The molecule has 1 aromatic heterocycles. The third-order valence-corrected chi connectivity index (χ3v) is 8.02. The first-order valence-corrected chi connectivity index (χ1v) is 13.8. The molecule has 0 aliphatic carbocycles. The number of methoxy groups -OCH3 is 1. The highest BCUT2D eigenvalue weighted by molar-refractivity contribution is 5.93. The number of hydrogen-bond donors (Lipinski definition) is 1. The number of alkyl halides is 3. The number of hydrogen-bond acceptors (Lipinski definition) is 6. The second kappa shape index (κ2) is 11.2. The van der Waals surface area contributed by atoms with Gasteiger partial charge in [-0.05, 0) is 55.3 Å². The number of piperazine rings is 1. The van der Waals surface area contributed by atoms with Crippen molar-refractivity contribution in [2.45, 2.75) is 38.1 Å². The van der Waals surface area contributed by atoms with E-state index in [1.807, 2.05) is 49.4 Å². The zero-order chi connectivity index (χ0) is 28.6. The fraction of sp³-hybridized carbons (Fsp3) is 0.344. The number of likely N-dealkylation sites (tertiary alicyclic amines) is 2. The van der Waals surface area contributed by atoms with Crippen LogP contribution < -0.4 is 14.8 Å². The van der Waals surface area contributed by atoms with Gasteiger partial charge in [0, 0.05) is 66.8 Å². The van der Waals surface area contributed by atoms with E-state index in [1.165, 1.54) is 5.56 Å². The molecule has 4 aromatic rings. The van der Waals surface area contributed by atoms with Gasteiger partial charge >= 0.3 is 6.18 Å². The molecule has 9 heteroatoms. The Morgan fingerprint density at radius 3 is 2.41 bits per heavy atom. The maximum atomic E-state index is 13.8. The summed E-state index contributed by atoms with van der Waals surface area (Å²) in [7, 11) is 1.67. The third kappa shape index (κ3) is 6.11. The summed E-state index contributed by atoms with van der Waals surface area (Å²) in [5.41, 5.74) is 3.09. The first-order chi connectivity index (χ1) is 19.7. The van der Waals surface area contributed by atoms with Crippen molar-refractivity contribution in [1.82, 2.24) is 14.8 Å². The lowest BCUT2D eigenvalue weighted by Gasteiger charge is -2.34. The molecule has 2 aliphatic rings. The molecule has 3 heterocycles. The van der Waals surface area contributed by atoms with Gasteiger partial charge in [0.25, 0.3) is 0 Å². The van der Waals surface area contributed by atoms with Crippen LogP contribution in [0.15, 0.2) is 72.8 Å². The summed E-state index contributed by atoms with van der Waals surface area (Å²) in [4.78, 5) is 9.43. The summed E-state index contributed by atoms with van der Waals surface area (Å²) < 4.78 is 52.6. The molecule has 2 fully saturated rings. The molecular formula is C32H33F3N4O2. The predicted octanol–water partition coefficient (Wildman–Crippen LogP) is 6.65. The van der Waals surface area contributed by atoms with Crippen LogP contribution in [0.5, 0.6) is 11.5 Å². The highest BCUT2D eigenvalue weighted by Crippen LogP contribution is 2.36. The maximum Gasteiger partial charge on any atom is 0.416 e. The number of anilines is 2. The van der Waals surface area contributed by atoms with Crippen LogP contribution in [0.25, 0.3) is 10.9 Å². The number of aryl methyl sites for hydroxylation is 1. The fourth-order valence-electron chi connectivity index (χ4n) is 6.03. The molecule has 214 valence electrons. The van der Waals surface area contributed by atoms with E-state index in [9.17, 15) is 13.2 Å². The number of fused-ring (bicyclic) bond motifs is 3. The van der Waals surface area contributed by atoms with E-state index in [0.717, 1.165) is 60.5 Å². The van der Waals surface area contributed by atoms with Crippen LogP contribution in [0.4, 0.5) is 24.5 Å². The number of ether oxygens (including phenoxy) is 2. The van der Waals surface area contributed by atoms with Gasteiger partial charge in [-0.2, -0.15) is 13.2 Å². The Morgan fingerprint density at radius 1 is 0.927 bits per heavy atom. The van der Waals surface area contributed by atoms with E-state index in [0.29, 0.717) is 36.6 Å². The van der Waals surface area contributed by atoms with Gasteiger partial charge in [0.2, 0.25) is 0 Å². The van der Waals surface area contributed by atoms with Crippen LogP contribution >= 0.6 is 0 Å². The normalized spacial score (nSPS) is 19.1. The lowest BCUT2D eigenvalue weighted by Crippen LogP contribution is -2.47. The maximum absolute atomic E-state index is 13.8. The Morgan fingerprint density at radius 2 is 1.68 bits per heavy atom. The molecule has 6 rings (SSSR count). The van der Waals surface area contributed by atoms with Gasteiger partial charge in [0.1, 0.15) is 18.1 Å². The first-order valence-electron chi connectivity index (χ1n) is 13.8. The summed E-state index contributed by atoms with van der Waals surface area (Å²) in [5.74, 6) is 1.05. The number of rotatable bonds is 9. The number of nitrogens with one attached hydrogen (secondary N) is 1. The van der Waals surface area contributed by atoms with Gasteiger partial charge in [-0.3, -0.25) is 14.8 Å². The molecule has 0 saturated carbocycles. The van der Waals surface area contributed by atoms with Crippen LogP contribution in [0.1, 0.15) is 23.2 Å². The van der Waals surface area contributed by atoms with E-state index < -0.39 is 11.7 Å². The van der Waals surface area contributed by atoms with Crippen molar-refractivity contribution in [3.8, 4) is 11.5 Å². The quantitative estimate of drug-likeness (QED) is 0.247. The molecule has 0 amide bonds. The van der Waals surface area contributed by atoms with Crippen molar-refractivity contribution >= 4 is 22.3 Å². The fourth-order valence-corrected chi connectivity index (χ4v) is 6.03. The van der Waals surface area contributed by atoms with Crippen molar-refractivity contribution in [3.63, 3.8) is 0 Å². The van der Waals surface area contributed by atoms with Crippen molar-refractivity contribution in [2.24, 2.45) is 0 Å². The van der Waals surface area contributed by atoms with E-state index >= 15 is 0 Å². The number of para-hydroxylation sites is 1. The van der Waals surface area contributed by atoms with Gasteiger partial charge in [-0.1, -0.05) is 30.3 Å². The largest absolute Gasteiger partial charge is 0.497 e. The average molecular weight is 563 g/mol. The van der Waals surface area contributed by atoms with E-state index in [1.54, 1.807) is 13.2 Å². The van der Waals surface area contributed by atoms with E-state index in [-0.39, 0.29) is 5.75 Å². The molecule has 2 aliphatic heterocycles. The van der Waals surface area contributed by atoms with Gasteiger partial charge in [-0.25, -0.2) is 0 Å². The summed E-state index contributed by atoms with van der Waals surface area (Å²) in [6.45, 7) is 5.68. The van der Waals surface area contributed by atoms with E-state index in [2.05, 4.69) is 32.2 Å². The lowest BCUT2D eigenvalue weighted by atomic mass is 10.1. The van der Waals surface area contributed by atoms with Crippen LogP contribution in [-0.4, -0.2) is 60.2 Å². The molecule has 3 aromatic carbocycles. The number of benzene rings is 3. The molecule has 2 atom stereocenters. The third-order valence-electron chi connectivity index (χ3n) is 8.02. The SMILES string of the molecule is COc1ccc(CN2CC3C[C@H]2CN3CCOc2cc(Nc3cc(C)nc4ccccc34)cc(C(F)(F)F)c2)cc1. The highest BCUT2D eigenvalue weighted by Gasteiger charge is 2.42. The minimum absolute atomic E-state index is 0.197. The van der Waals surface area contributed by atoms with Crippen LogP contribution in [-0.2, 0) is 12.7 Å². The summed E-state index contributed by atoms with van der Waals surface area (Å²) in [6, 6.07) is 22.3. The van der Waals surface area contributed by atoms with Crippen LogP contribution in [0.3, 0.4) is 0 Å². The Balaban J connectivity index is 1.09. The number of aromatic nitrogens is 1. The molecule has 1 unspecified atom stereocenters. The predicted molar refractivity (Wildman–Crippen MR) is 154 cm³/mol. The Labute approximate surface area is 237 Å². The van der Waals surface area contributed by atoms with Gasteiger partial charge < -0.3 is 14.8 Å². The Hall–Kier alpha value is -3.82. The summed E-state index contributed by atoms with van der Waals surface area (Å²) >= 11 is 0. The monoisotopic (exact) mass is 562 g/mol. The summed E-state index contributed by atoms with van der Waals surface area (Å²) in [6.07, 6.45) is -3.39. The summed E-state index contributed by atoms with van der Waals surface area (Å²) in [5, 5.41) is 4.02. The smallest absolute Gasteiger partial charge is 0.416 e. The van der Waals surface area contributed by atoms with Crippen LogP contribution in [0, 0.1) is 6.92 Å². The van der Waals surface area contributed by atoms with Gasteiger partial charge in [0.15, 0.2) is 0 Å². The van der Waals surface area contributed by atoms with Crippen molar-refractivity contribution in [2.75, 3.05) is 38.7 Å². The number of halogens is 3. The Kier molecular flexibility index (Phi) is 7.48.